The fourth-order valence-electron chi connectivity index (χ4n) is 3.41. The van der Waals surface area contributed by atoms with Crippen molar-refractivity contribution >= 4 is 17.6 Å². The summed E-state index contributed by atoms with van der Waals surface area (Å²) in [6.07, 6.45) is 3.46. The van der Waals surface area contributed by atoms with E-state index in [1.54, 1.807) is 43.8 Å². The number of rotatable bonds is 6. The molecule has 2 aromatic carbocycles. The van der Waals surface area contributed by atoms with Gasteiger partial charge in [0, 0.05) is 18.3 Å². The zero-order valence-corrected chi connectivity index (χ0v) is 15.8. The molecule has 3 aromatic rings. The number of nitrogens with zero attached hydrogens (tertiary/aromatic N) is 3. The number of aliphatic hydroxyl groups is 1. The van der Waals surface area contributed by atoms with Gasteiger partial charge in [0.05, 0.1) is 25.6 Å². The predicted molar refractivity (Wildman–Crippen MR) is 106 cm³/mol. The van der Waals surface area contributed by atoms with Crippen molar-refractivity contribution in [3.8, 4) is 16.9 Å². The minimum absolute atomic E-state index is 0.191. The van der Waals surface area contributed by atoms with E-state index in [9.17, 15) is 14.7 Å². The molecule has 0 spiro atoms. The number of methoxy groups -OCH3 is 1. The Balaban J connectivity index is 1.60. The zero-order valence-electron chi connectivity index (χ0n) is 15.8. The van der Waals surface area contributed by atoms with Crippen LogP contribution in [0.1, 0.15) is 5.56 Å². The van der Waals surface area contributed by atoms with E-state index in [4.69, 9.17) is 4.74 Å². The first-order valence-electron chi connectivity index (χ1n) is 9.10. The Morgan fingerprint density at radius 3 is 2.59 bits per heavy atom. The summed E-state index contributed by atoms with van der Waals surface area (Å²) >= 11 is 0. The lowest BCUT2D eigenvalue weighted by Crippen LogP contribution is -2.37. The molecular weight excluding hydrogens is 372 g/mol. The summed E-state index contributed by atoms with van der Waals surface area (Å²) in [6.45, 7) is -0.255. The number of aromatic amines is 1. The fraction of sp³-hybridized carbons (Fsp3) is 0.190. The van der Waals surface area contributed by atoms with Gasteiger partial charge in [-0.1, -0.05) is 24.3 Å². The number of carbonyl (C=O) groups is 2. The molecular formula is C21H20N4O4. The van der Waals surface area contributed by atoms with Gasteiger partial charge in [-0.25, -0.2) is 9.69 Å². The van der Waals surface area contributed by atoms with Crippen LogP contribution in [0, 0.1) is 0 Å². The van der Waals surface area contributed by atoms with Crippen LogP contribution < -0.4 is 9.64 Å². The van der Waals surface area contributed by atoms with Gasteiger partial charge in [-0.05, 0) is 35.4 Å². The van der Waals surface area contributed by atoms with Crippen molar-refractivity contribution < 1.29 is 19.4 Å². The Morgan fingerprint density at radius 2 is 1.93 bits per heavy atom. The minimum Gasteiger partial charge on any atom is -0.497 e. The van der Waals surface area contributed by atoms with Gasteiger partial charge < -0.3 is 14.7 Å². The second-order valence-corrected chi connectivity index (χ2v) is 6.67. The summed E-state index contributed by atoms with van der Waals surface area (Å²) in [6, 6.07) is 12.9. The van der Waals surface area contributed by atoms with Crippen LogP contribution in [0.4, 0.5) is 10.5 Å². The highest BCUT2D eigenvalue weighted by Crippen LogP contribution is 2.29. The average Bonchev–Trinajstić information content (AvgIpc) is 3.36. The van der Waals surface area contributed by atoms with E-state index in [1.165, 1.54) is 4.90 Å². The normalized spacial score (nSPS) is 16.6. The predicted octanol–water partition coefficient (Wildman–Crippen LogP) is 2.42. The molecule has 4 rings (SSSR count). The fourth-order valence-corrected chi connectivity index (χ4v) is 3.41. The van der Waals surface area contributed by atoms with Gasteiger partial charge in [0.2, 0.25) is 0 Å². The van der Waals surface area contributed by atoms with Crippen LogP contribution in [0.3, 0.4) is 0 Å². The molecule has 1 aromatic heterocycles. The number of carbonyl (C=O) groups excluding carboxylic acids is 2. The highest BCUT2D eigenvalue weighted by atomic mass is 16.5. The third kappa shape index (κ3) is 3.45. The number of hydrogen-bond donors (Lipinski definition) is 2. The smallest absolute Gasteiger partial charge is 0.332 e. The molecule has 3 amide bonds. The Morgan fingerprint density at radius 1 is 1.14 bits per heavy atom. The number of amides is 3. The van der Waals surface area contributed by atoms with Gasteiger partial charge in [0.1, 0.15) is 11.8 Å². The van der Waals surface area contributed by atoms with Crippen LogP contribution in [0.5, 0.6) is 5.75 Å². The van der Waals surface area contributed by atoms with Crippen molar-refractivity contribution in [3.63, 3.8) is 0 Å². The molecule has 1 aliphatic heterocycles. The van der Waals surface area contributed by atoms with Crippen LogP contribution in [0.2, 0.25) is 0 Å². The summed E-state index contributed by atoms with van der Waals surface area (Å²) in [4.78, 5) is 28.4. The molecule has 0 saturated carbocycles. The van der Waals surface area contributed by atoms with E-state index in [1.807, 2.05) is 24.3 Å². The molecule has 29 heavy (non-hydrogen) atoms. The Bertz CT molecular complexity index is 1020. The average molecular weight is 392 g/mol. The van der Waals surface area contributed by atoms with E-state index < -0.39 is 24.6 Å². The zero-order chi connectivity index (χ0) is 20.4. The number of hydrogen-bond acceptors (Lipinski definition) is 5. The highest BCUT2D eigenvalue weighted by molar-refractivity contribution is 6.21. The van der Waals surface area contributed by atoms with Gasteiger partial charge in [-0.3, -0.25) is 9.89 Å². The SMILES string of the molecule is COc1cccc(CN2C(=O)N(c3ccc(-c4cn[nH]c4)cc3)C(=O)C2CO)c1. The standard InChI is InChI=1S/C21H20N4O4/c1-29-18-4-2-3-14(9-18)12-24-19(13-26)20(27)25(21(24)28)17-7-5-15(6-8-17)16-10-22-23-11-16/h2-11,19,26H,12-13H2,1H3,(H,22,23). The first-order valence-corrected chi connectivity index (χ1v) is 9.10. The van der Waals surface area contributed by atoms with E-state index >= 15 is 0 Å². The monoisotopic (exact) mass is 392 g/mol. The summed E-state index contributed by atoms with van der Waals surface area (Å²) in [5.41, 5.74) is 3.08. The van der Waals surface area contributed by atoms with E-state index in [2.05, 4.69) is 10.2 Å². The van der Waals surface area contributed by atoms with Gasteiger partial charge in [0.25, 0.3) is 5.91 Å². The summed E-state index contributed by atoms with van der Waals surface area (Å²) in [7, 11) is 1.56. The molecule has 0 radical (unpaired) electrons. The first kappa shape index (κ1) is 18.7. The maximum absolute atomic E-state index is 13.0. The maximum Gasteiger partial charge on any atom is 0.332 e. The Kier molecular flexibility index (Phi) is 5.01. The van der Waals surface area contributed by atoms with E-state index in [0.29, 0.717) is 11.4 Å². The molecule has 148 valence electrons. The molecule has 0 aliphatic carbocycles. The lowest BCUT2D eigenvalue weighted by molar-refractivity contribution is -0.120. The van der Waals surface area contributed by atoms with Crippen LogP contribution >= 0.6 is 0 Å². The van der Waals surface area contributed by atoms with Crippen molar-refractivity contribution in [1.29, 1.82) is 0 Å². The third-order valence-electron chi connectivity index (χ3n) is 4.94. The van der Waals surface area contributed by atoms with Gasteiger partial charge >= 0.3 is 6.03 Å². The van der Waals surface area contributed by atoms with Gasteiger partial charge in [0.15, 0.2) is 0 Å². The summed E-state index contributed by atoms with van der Waals surface area (Å²) in [5.74, 6) is 0.212. The Hall–Kier alpha value is -3.65. The molecule has 8 heteroatoms. The molecule has 8 nitrogen and oxygen atoms in total. The van der Waals surface area contributed by atoms with Crippen molar-refractivity contribution in [1.82, 2.24) is 15.1 Å². The largest absolute Gasteiger partial charge is 0.497 e. The van der Waals surface area contributed by atoms with Crippen molar-refractivity contribution in [2.75, 3.05) is 18.6 Å². The van der Waals surface area contributed by atoms with Gasteiger partial charge in [-0.2, -0.15) is 5.10 Å². The molecule has 1 atom stereocenters. The number of anilines is 1. The number of aromatic nitrogens is 2. The first-order chi connectivity index (χ1) is 14.1. The lowest BCUT2D eigenvalue weighted by atomic mass is 10.1. The summed E-state index contributed by atoms with van der Waals surface area (Å²) < 4.78 is 5.22. The number of H-pyrrole nitrogens is 1. The second kappa shape index (κ2) is 7.76. The molecule has 2 N–H and O–H groups in total. The van der Waals surface area contributed by atoms with E-state index in [-0.39, 0.29) is 6.54 Å². The minimum atomic E-state index is -0.928. The molecule has 1 unspecified atom stereocenters. The number of benzene rings is 2. The third-order valence-corrected chi connectivity index (χ3v) is 4.94. The lowest BCUT2D eigenvalue weighted by Gasteiger charge is -2.20. The van der Waals surface area contributed by atoms with Crippen molar-refractivity contribution in [2.24, 2.45) is 0 Å². The van der Waals surface area contributed by atoms with Crippen LogP contribution in [-0.2, 0) is 11.3 Å². The quantitative estimate of drug-likeness (QED) is 0.628. The van der Waals surface area contributed by atoms with Crippen LogP contribution in [-0.4, -0.2) is 51.9 Å². The van der Waals surface area contributed by atoms with E-state index in [0.717, 1.165) is 21.6 Å². The Labute approximate surface area is 167 Å². The number of urea groups is 1. The number of aliphatic hydroxyl groups excluding tert-OH is 1. The van der Waals surface area contributed by atoms with Crippen molar-refractivity contribution in [3.05, 3.63) is 66.5 Å². The molecule has 1 saturated heterocycles. The van der Waals surface area contributed by atoms with Gasteiger partial charge in [-0.15, -0.1) is 0 Å². The van der Waals surface area contributed by atoms with Crippen LogP contribution in [0.15, 0.2) is 60.9 Å². The molecule has 1 aliphatic rings. The molecule has 0 bridgehead atoms. The summed E-state index contributed by atoms with van der Waals surface area (Å²) in [5, 5.41) is 16.4. The molecule has 2 heterocycles. The van der Waals surface area contributed by atoms with Crippen molar-refractivity contribution in [2.45, 2.75) is 12.6 Å². The molecule has 1 fully saturated rings. The highest BCUT2D eigenvalue weighted by Gasteiger charge is 2.45. The number of imide groups is 1. The maximum atomic E-state index is 13.0. The second-order valence-electron chi connectivity index (χ2n) is 6.67. The van der Waals surface area contributed by atoms with Crippen LogP contribution in [0.25, 0.3) is 11.1 Å². The number of ether oxygens (including phenoxy) is 1. The number of nitrogens with one attached hydrogen (secondary N) is 1. The topological polar surface area (TPSA) is 98.8 Å².